The van der Waals surface area contributed by atoms with Crippen LogP contribution in [0.25, 0.3) is 0 Å². The van der Waals surface area contributed by atoms with Crippen molar-refractivity contribution < 1.29 is 9.47 Å². The lowest BCUT2D eigenvalue weighted by atomic mass is 9.86. The zero-order valence-corrected chi connectivity index (χ0v) is 15.0. The molecule has 2 aliphatic carbocycles. The van der Waals surface area contributed by atoms with Crippen LogP contribution >= 0.6 is 24.0 Å². The van der Waals surface area contributed by atoms with Gasteiger partial charge >= 0.3 is 0 Å². The number of rotatable bonds is 4. The van der Waals surface area contributed by atoms with E-state index in [4.69, 9.17) is 15.2 Å². The second-order valence-corrected chi connectivity index (χ2v) is 6.43. The van der Waals surface area contributed by atoms with Gasteiger partial charge in [-0.1, -0.05) is 12.8 Å². The Morgan fingerprint density at radius 1 is 1.19 bits per heavy atom. The molecule has 3 N–H and O–H groups in total. The Hall–Kier alpha value is -0.0800. The topological polar surface area (TPSA) is 68.9 Å². The zero-order valence-electron chi connectivity index (χ0n) is 12.7. The van der Waals surface area contributed by atoms with E-state index < -0.39 is 0 Å². The molecular weight excluding hydrogens is 381 g/mol. The maximum Gasteiger partial charge on any atom is 0.188 e. The molecule has 0 radical (unpaired) electrons. The largest absolute Gasteiger partial charge is 0.370 e. The van der Waals surface area contributed by atoms with Crippen LogP contribution < -0.4 is 11.1 Å². The van der Waals surface area contributed by atoms with E-state index in [1.54, 1.807) is 0 Å². The van der Waals surface area contributed by atoms with Crippen LogP contribution in [0.3, 0.4) is 0 Å². The van der Waals surface area contributed by atoms with Gasteiger partial charge in [-0.3, -0.25) is 4.99 Å². The lowest BCUT2D eigenvalue weighted by Gasteiger charge is -2.31. The summed E-state index contributed by atoms with van der Waals surface area (Å²) in [6, 6.07) is 0. The third-order valence-electron chi connectivity index (χ3n) is 4.78. The van der Waals surface area contributed by atoms with Crippen LogP contribution in [-0.2, 0) is 9.47 Å². The molecule has 3 aliphatic rings. The first-order chi connectivity index (χ1) is 9.76. The van der Waals surface area contributed by atoms with Gasteiger partial charge in [0.1, 0.15) is 6.10 Å². The predicted octanol–water partition coefficient (Wildman–Crippen LogP) is 2.38. The van der Waals surface area contributed by atoms with Crippen molar-refractivity contribution in [1.29, 1.82) is 0 Å². The molecule has 122 valence electrons. The second kappa shape index (κ2) is 7.97. The summed E-state index contributed by atoms with van der Waals surface area (Å²) in [7, 11) is 0. The van der Waals surface area contributed by atoms with Gasteiger partial charge in [-0.05, 0) is 31.6 Å². The van der Waals surface area contributed by atoms with Crippen molar-refractivity contribution in [3.05, 3.63) is 0 Å². The van der Waals surface area contributed by atoms with Gasteiger partial charge in [0.2, 0.25) is 0 Å². The Balaban J connectivity index is 0.00000161. The number of halogens is 1. The molecule has 6 heteroatoms. The maximum absolute atomic E-state index is 6.10. The summed E-state index contributed by atoms with van der Waals surface area (Å²) in [4.78, 5) is 4.40. The number of ether oxygens (including phenoxy) is 2. The number of hydrogen-bond donors (Lipinski definition) is 2. The molecule has 1 atom stereocenters. The van der Waals surface area contributed by atoms with E-state index in [1.165, 1.54) is 38.5 Å². The van der Waals surface area contributed by atoms with Crippen LogP contribution in [0, 0.1) is 5.92 Å². The van der Waals surface area contributed by atoms with E-state index >= 15 is 0 Å². The van der Waals surface area contributed by atoms with Crippen LogP contribution in [0.5, 0.6) is 0 Å². The number of nitrogens with two attached hydrogens (primary N) is 1. The number of guanidine groups is 1. The Labute approximate surface area is 144 Å². The highest BCUT2D eigenvalue weighted by atomic mass is 127. The Bertz CT molecular complexity index is 355. The Morgan fingerprint density at radius 2 is 1.95 bits per heavy atom. The second-order valence-electron chi connectivity index (χ2n) is 6.43. The number of nitrogens with one attached hydrogen (secondary N) is 1. The lowest BCUT2D eigenvalue weighted by molar-refractivity contribution is -0.186. The lowest BCUT2D eigenvalue weighted by Crippen LogP contribution is -2.40. The minimum absolute atomic E-state index is 0. The molecule has 2 saturated carbocycles. The van der Waals surface area contributed by atoms with Crippen LogP contribution in [-0.4, -0.2) is 37.5 Å². The van der Waals surface area contributed by atoms with E-state index in [1.807, 2.05) is 0 Å². The van der Waals surface area contributed by atoms with E-state index in [2.05, 4.69) is 10.3 Å². The summed E-state index contributed by atoms with van der Waals surface area (Å²) in [5.74, 6) is 1.01. The van der Waals surface area contributed by atoms with Crippen molar-refractivity contribution in [3.8, 4) is 0 Å². The third kappa shape index (κ3) is 4.69. The number of nitrogens with zero attached hydrogens (tertiary/aromatic N) is 1. The summed E-state index contributed by atoms with van der Waals surface area (Å²) >= 11 is 0. The molecule has 0 aromatic heterocycles. The number of aliphatic imine (C=N–C) groups is 1. The van der Waals surface area contributed by atoms with E-state index in [9.17, 15) is 0 Å². The SMILES string of the molecule is I.NC(=NCC1CCC1)NCC1COC2(CCCCC2)O1. The fourth-order valence-electron chi connectivity index (χ4n) is 3.25. The molecule has 1 aliphatic heterocycles. The minimum atomic E-state index is -0.289. The average molecular weight is 409 g/mol. The molecule has 0 bridgehead atoms. The molecule has 0 amide bonds. The average Bonchev–Trinajstić information content (AvgIpc) is 2.78. The quantitative estimate of drug-likeness (QED) is 0.425. The molecule has 3 fully saturated rings. The first-order valence-corrected chi connectivity index (χ1v) is 8.11. The first-order valence-electron chi connectivity index (χ1n) is 8.11. The van der Waals surface area contributed by atoms with Crippen molar-refractivity contribution >= 4 is 29.9 Å². The van der Waals surface area contributed by atoms with Gasteiger partial charge in [0.15, 0.2) is 11.7 Å². The third-order valence-corrected chi connectivity index (χ3v) is 4.78. The fourth-order valence-corrected chi connectivity index (χ4v) is 3.25. The van der Waals surface area contributed by atoms with Gasteiger partial charge < -0.3 is 20.5 Å². The van der Waals surface area contributed by atoms with Gasteiger partial charge in [0, 0.05) is 25.9 Å². The smallest absolute Gasteiger partial charge is 0.188 e. The Morgan fingerprint density at radius 3 is 2.62 bits per heavy atom. The van der Waals surface area contributed by atoms with E-state index in [0.717, 1.165) is 25.3 Å². The van der Waals surface area contributed by atoms with Crippen LogP contribution in [0.15, 0.2) is 4.99 Å². The normalized spacial score (nSPS) is 29.0. The molecule has 1 unspecified atom stereocenters. The summed E-state index contributed by atoms with van der Waals surface area (Å²) in [5, 5.41) is 3.17. The van der Waals surface area contributed by atoms with Crippen LogP contribution in [0.1, 0.15) is 51.4 Å². The monoisotopic (exact) mass is 409 g/mol. The first kappa shape index (κ1) is 17.3. The van der Waals surface area contributed by atoms with Crippen molar-refractivity contribution in [3.63, 3.8) is 0 Å². The van der Waals surface area contributed by atoms with Crippen molar-refractivity contribution in [2.45, 2.75) is 63.3 Å². The van der Waals surface area contributed by atoms with Crippen LogP contribution in [0.4, 0.5) is 0 Å². The van der Waals surface area contributed by atoms with Gasteiger partial charge in [0.25, 0.3) is 0 Å². The van der Waals surface area contributed by atoms with Gasteiger partial charge in [-0.25, -0.2) is 0 Å². The van der Waals surface area contributed by atoms with Crippen molar-refractivity contribution in [1.82, 2.24) is 5.32 Å². The summed E-state index contributed by atoms with van der Waals surface area (Å²) in [6.07, 6.45) is 9.86. The number of hydrogen-bond acceptors (Lipinski definition) is 3. The Kier molecular flexibility index (Phi) is 6.55. The molecule has 3 rings (SSSR count). The highest BCUT2D eigenvalue weighted by Crippen LogP contribution is 2.37. The molecule has 0 aromatic carbocycles. The van der Waals surface area contributed by atoms with Gasteiger partial charge in [-0.15, -0.1) is 24.0 Å². The summed E-state index contributed by atoms with van der Waals surface area (Å²) in [5.41, 5.74) is 5.89. The molecule has 1 spiro atoms. The van der Waals surface area contributed by atoms with E-state index in [0.29, 0.717) is 19.1 Å². The zero-order chi connectivity index (χ0) is 13.8. The maximum atomic E-state index is 6.10. The summed E-state index contributed by atoms with van der Waals surface area (Å²) < 4.78 is 12.0. The van der Waals surface area contributed by atoms with Gasteiger partial charge in [0.05, 0.1) is 6.61 Å². The van der Waals surface area contributed by atoms with Crippen molar-refractivity contribution in [2.24, 2.45) is 16.6 Å². The fraction of sp³-hybridized carbons (Fsp3) is 0.933. The molecule has 5 nitrogen and oxygen atoms in total. The minimum Gasteiger partial charge on any atom is -0.370 e. The molecule has 21 heavy (non-hydrogen) atoms. The molecule has 1 saturated heterocycles. The summed E-state index contributed by atoms with van der Waals surface area (Å²) in [6.45, 7) is 2.23. The molecule has 1 heterocycles. The van der Waals surface area contributed by atoms with Crippen molar-refractivity contribution in [2.75, 3.05) is 19.7 Å². The van der Waals surface area contributed by atoms with E-state index in [-0.39, 0.29) is 35.9 Å². The highest BCUT2D eigenvalue weighted by Gasteiger charge is 2.42. The predicted molar refractivity (Wildman–Crippen MR) is 93.9 cm³/mol. The highest BCUT2D eigenvalue weighted by molar-refractivity contribution is 14.0. The molecule has 0 aromatic rings. The standard InChI is InChI=1S/C15H27N3O2.HI/c16-14(17-9-12-5-4-6-12)18-10-13-11-19-15(20-13)7-2-1-3-8-15;/h12-13H,1-11H2,(H3,16,17,18);1H. The van der Waals surface area contributed by atoms with Crippen LogP contribution in [0.2, 0.25) is 0 Å². The van der Waals surface area contributed by atoms with Gasteiger partial charge in [-0.2, -0.15) is 0 Å². The molecular formula is C15H28IN3O2.